The fraction of sp³-hybridized carbons (Fsp3) is 0.267. The van der Waals surface area contributed by atoms with Crippen molar-refractivity contribution in [1.82, 2.24) is 4.90 Å². The monoisotopic (exact) mass is 320 g/mol. The van der Waals surface area contributed by atoms with Crippen molar-refractivity contribution in [2.24, 2.45) is 5.73 Å². The van der Waals surface area contributed by atoms with Crippen LogP contribution in [0.3, 0.4) is 0 Å². The van der Waals surface area contributed by atoms with Gasteiger partial charge in [-0.15, -0.1) is 0 Å². The van der Waals surface area contributed by atoms with Gasteiger partial charge in [-0.2, -0.15) is 5.26 Å². The lowest BCUT2D eigenvalue weighted by Gasteiger charge is -2.16. The maximum Gasteiger partial charge on any atom is 0.267 e. The van der Waals surface area contributed by atoms with Crippen LogP contribution in [-0.2, 0) is 9.59 Å². The van der Waals surface area contributed by atoms with Gasteiger partial charge in [-0.3, -0.25) is 9.59 Å². The van der Waals surface area contributed by atoms with E-state index in [0.29, 0.717) is 16.3 Å². The van der Waals surface area contributed by atoms with E-state index in [1.54, 1.807) is 31.2 Å². The van der Waals surface area contributed by atoms with Gasteiger partial charge in [-0.1, -0.05) is 17.7 Å². The lowest BCUT2D eigenvalue weighted by Crippen LogP contribution is -2.30. The summed E-state index contributed by atoms with van der Waals surface area (Å²) in [5.74, 6) is -0.916. The van der Waals surface area contributed by atoms with Crippen molar-refractivity contribution in [3.05, 3.63) is 40.6 Å². The normalized spacial score (nSPS) is 10.8. The lowest BCUT2D eigenvalue weighted by atomic mass is 10.2. The van der Waals surface area contributed by atoms with E-state index in [4.69, 9.17) is 22.6 Å². The molecule has 3 N–H and O–H groups in total. The number of hydrogen-bond donors (Lipinski definition) is 2. The average Bonchev–Trinajstić information content (AvgIpc) is 2.47. The minimum absolute atomic E-state index is 0.192. The summed E-state index contributed by atoms with van der Waals surface area (Å²) in [5.41, 5.74) is 6.41. The molecule has 0 aliphatic heterocycles. The smallest absolute Gasteiger partial charge is 0.267 e. The minimum atomic E-state index is -0.615. The topological polar surface area (TPSA) is 99.2 Å². The molecular formula is C15H17ClN4O2. The highest BCUT2D eigenvalue weighted by Gasteiger charge is 2.14. The van der Waals surface area contributed by atoms with Crippen molar-refractivity contribution in [1.29, 1.82) is 5.26 Å². The third kappa shape index (κ3) is 4.58. The van der Waals surface area contributed by atoms with Gasteiger partial charge in [0.1, 0.15) is 11.6 Å². The summed E-state index contributed by atoms with van der Waals surface area (Å²) in [7, 11) is 0. The van der Waals surface area contributed by atoms with E-state index >= 15 is 0 Å². The molecule has 0 aromatic heterocycles. The molecule has 0 aliphatic carbocycles. The zero-order valence-electron chi connectivity index (χ0n) is 12.4. The number of carbonyl (C=O) groups is 2. The zero-order valence-corrected chi connectivity index (χ0v) is 13.1. The summed E-state index contributed by atoms with van der Waals surface area (Å²) in [6, 6.07) is 6.85. The first-order valence-electron chi connectivity index (χ1n) is 6.56. The van der Waals surface area contributed by atoms with Crippen molar-refractivity contribution in [2.75, 3.05) is 18.4 Å². The third-order valence-electron chi connectivity index (χ3n) is 2.94. The summed E-state index contributed by atoms with van der Waals surface area (Å²) in [5, 5.41) is 12.2. The Bertz CT molecular complexity index is 649. The molecule has 116 valence electrons. The Morgan fingerprint density at radius 1 is 1.50 bits per heavy atom. The van der Waals surface area contributed by atoms with Crippen molar-refractivity contribution in [2.45, 2.75) is 13.8 Å². The Kier molecular flexibility index (Phi) is 6.57. The van der Waals surface area contributed by atoms with Gasteiger partial charge in [0.05, 0.1) is 0 Å². The molecule has 1 aromatic rings. The Balaban J connectivity index is 3.00. The first-order chi connectivity index (χ1) is 10.4. The molecule has 0 spiro atoms. The summed E-state index contributed by atoms with van der Waals surface area (Å²) in [6.07, 6.45) is 1.20. The predicted molar refractivity (Wildman–Crippen MR) is 85.0 cm³/mol. The maximum atomic E-state index is 12.2. The van der Waals surface area contributed by atoms with Crippen molar-refractivity contribution < 1.29 is 9.59 Å². The number of nitriles is 1. The van der Waals surface area contributed by atoms with Gasteiger partial charge < -0.3 is 16.0 Å². The summed E-state index contributed by atoms with van der Waals surface area (Å²) < 4.78 is 0. The van der Waals surface area contributed by atoms with Gasteiger partial charge in [0.2, 0.25) is 5.91 Å². The number of benzene rings is 1. The molecule has 6 nitrogen and oxygen atoms in total. The van der Waals surface area contributed by atoms with E-state index in [9.17, 15) is 9.59 Å². The second-order valence-electron chi connectivity index (χ2n) is 4.52. The molecule has 0 fully saturated rings. The van der Waals surface area contributed by atoms with Crippen LogP contribution in [-0.4, -0.2) is 29.8 Å². The first-order valence-corrected chi connectivity index (χ1v) is 6.94. The average molecular weight is 321 g/mol. The van der Waals surface area contributed by atoms with E-state index in [1.165, 1.54) is 18.0 Å². The number of nitrogens with one attached hydrogen (secondary N) is 1. The molecule has 1 rings (SSSR count). The van der Waals surface area contributed by atoms with E-state index in [0.717, 1.165) is 0 Å². The number of nitrogens with zero attached hydrogens (tertiary/aromatic N) is 2. The van der Waals surface area contributed by atoms with Gasteiger partial charge >= 0.3 is 0 Å². The zero-order chi connectivity index (χ0) is 16.7. The molecule has 0 unspecified atom stereocenters. The summed E-state index contributed by atoms with van der Waals surface area (Å²) in [6.45, 7) is 3.54. The van der Waals surface area contributed by atoms with Crippen LogP contribution < -0.4 is 11.1 Å². The molecule has 0 aliphatic rings. The van der Waals surface area contributed by atoms with Gasteiger partial charge in [0.25, 0.3) is 5.91 Å². The highest BCUT2D eigenvalue weighted by atomic mass is 35.5. The molecule has 0 radical (unpaired) electrons. The predicted octanol–water partition coefficient (Wildman–Crippen LogP) is 1.80. The minimum Gasteiger partial charge on any atom is -0.329 e. The number of carbonyl (C=O) groups excluding carboxylic acids is 2. The van der Waals surface area contributed by atoms with Crippen molar-refractivity contribution in [3.63, 3.8) is 0 Å². The molecule has 0 saturated carbocycles. The first kappa shape index (κ1) is 17.7. The van der Waals surface area contributed by atoms with Gasteiger partial charge in [0.15, 0.2) is 0 Å². The number of amides is 2. The largest absolute Gasteiger partial charge is 0.329 e. The van der Waals surface area contributed by atoms with Crippen LogP contribution in [0.1, 0.15) is 12.5 Å². The molecular weight excluding hydrogens is 304 g/mol. The number of nitrogens with two attached hydrogens (primary N) is 1. The van der Waals surface area contributed by atoms with E-state index in [1.807, 2.05) is 0 Å². The molecule has 0 saturated heterocycles. The van der Waals surface area contributed by atoms with Crippen LogP contribution in [0, 0.1) is 18.3 Å². The van der Waals surface area contributed by atoms with Crippen molar-refractivity contribution >= 4 is 29.1 Å². The Morgan fingerprint density at radius 2 is 2.18 bits per heavy atom. The highest BCUT2D eigenvalue weighted by Crippen LogP contribution is 2.23. The quantitative estimate of drug-likeness (QED) is 0.638. The molecule has 0 atom stereocenters. The second kappa shape index (κ2) is 8.17. The Hall–Kier alpha value is -2.36. The van der Waals surface area contributed by atoms with Crippen molar-refractivity contribution in [3.8, 4) is 6.07 Å². The molecule has 0 bridgehead atoms. The summed E-state index contributed by atoms with van der Waals surface area (Å²) >= 11 is 5.98. The third-order valence-corrected chi connectivity index (χ3v) is 3.35. The molecule has 1 aromatic carbocycles. The maximum absolute atomic E-state index is 12.2. The molecule has 0 heterocycles. The second-order valence-corrected chi connectivity index (χ2v) is 4.93. The molecule has 2 amide bonds. The number of halogens is 1. The Morgan fingerprint density at radius 3 is 2.73 bits per heavy atom. The standard InChI is InChI=1S/C15H17ClN4O2/c1-10-13(16)4-3-5-14(10)19-15(22)12(8-18)9-20(7-6-17)11(2)21/h3-5,9H,6-7,17H2,1-2H3,(H,19,22)/b12-9-. The fourth-order valence-electron chi connectivity index (χ4n) is 1.68. The molecule has 22 heavy (non-hydrogen) atoms. The van der Waals surface area contributed by atoms with Crippen LogP contribution in [0.2, 0.25) is 5.02 Å². The van der Waals surface area contributed by atoms with Crippen LogP contribution in [0.15, 0.2) is 30.0 Å². The number of anilines is 1. The number of hydrogen-bond acceptors (Lipinski definition) is 4. The van der Waals surface area contributed by atoms with E-state index in [-0.39, 0.29) is 24.6 Å². The van der Waals surface area contributed by atoms with Crippen LogP contribution in [0.5, 0.6) is 0 Å². The highest BCUT2D eigenvalue weighted by molar-refractivity contribution is 6.31. The molecule has 7 heteroatoms. The van der Waals surface area contributed by atoms with E-state index < -0.39 is 5.91 Å². The van der Waals surface area contributed by atoms with Crippen LogP contribution in [0.4, 0.5) is 5.69 Å². The lowest BCUT2D eigenvalue weighted by molar-refractivity contribution is -0.126. The Labute approximate surface area is 134 Å². The van der Waals surface area contributed by atoms with E-state index in [2.05, 4.69) is 5.32 Å². The van der Waals surface area contributed by atoms with Gasteiger partial charge in [-0.25, -0.2) is 0 Å². The van der Waals surface area contributed by atoms with Crippen LogP contribution in [0.25, 0.3) is 0 Å². The number of rotatable bonds is 5. The summed E-state index contributed by atoms with van der Waals surface area (Å²) in [4.78, 5) is 24.8. The fourth-order valence-corrected chi connectivity index (χ4v) is 1.85. The van der Waals surface area contributed by atoms with Crippen LogP contribution >= 0.6 is 11.6 Å². The van der Waals surface area contributed by atoms with Gasteiger partial charge in [0, 0.05) is 36.9 Å². The van der Waals surface area contributed by atoms with Gasteiger partial charge in [-0.05, 0) is 24.6 Å². The SMILES string of the molecule is CC(=O)N(/C=C(/C#N)C(=O)Nc1cccc(Cl)c1C)CCN.